The van der Waals surface area contributed by atoms with E-state index in [0.717, 1.165) is 96.3 Å². The molecule has 6 atom stereocenters. The van der Waals surface area contributed by atoms with Crippen molar-refractivity contribution in [2.75, 3.05) is 19.8 Å². The predicted molar refractivity (Wildman–Crippen MR) is 276 cm³/mol. The van der Waals surface area contributed by atoms with Crippen LogP contribution in [0.15, 0.2) is 97.2 Å². The van der Waals surface area contributed by atoms with Crippen molar-refractivity contribution in [3.8, 4) is 0 Å². The van der Waals surface area contributed by atoms with E-state index in [-0.39, 0.29) is 13.0 Å². The topological polar surface area (TPSA) is 192 Å². The Morgan fingerprint density at radius 3 is 1.32 bits per heavy atom. The third-order valence-electron chi connectivity index (χ3n) is 11.4. The van der Waals surface area contributed by atoms with Crippen molar-refractivity contribution in [3.05, 3.63) is 97.2 Å². The molecule has 0 heterocycles. The summed E-state index contributed by atoms with van der Waals surface area (Å²) < 4.78 is 34.3. The molecule has 390 valence electrons. The number of unbranched alkanes of at least 4 members (excludes halogenated alkanes) is 15. The van der Waals surface area contributed by atoms with Crippen molar-refractivity contribution < 1.29 is 58.3 Å². The van der Waals surface area contributed by atoms with Crippen LogP contribution in [0.2, 0.25) is 0 Å². The van der Waals surface area contributed by atoms with E-state index in [9.17, 15) is 39.8 Å². The molecule has 0 aliphatic heterocycles. The lowest BCUT2D eigenvalue weighted by Gasteiger charge is -2.41. The first-order valence-electron chi connectivity index (χ1n) is 26.1. The second-order valence-corrected chi connectivity index (χ2v) is 19.0. The van der Waals surface area contributed by atoms with Crippen LogP contribution in [0.1, 0.15) is 181 Å². The van der Waals surface area contributed by atoms with Gasteiger partial charge < -0.3 is 39.9 Å². The average Bonchev–Trinajstić information content (AvgIpc) is 3.32. The fourth-order valence-electron chi connectivity index (χ4n) is 7.33. The summed E-state index contributed by atoms with van der Waals surface area (Å²) in [5.41, 5.74) is 0. The van der Waals surface area contributed by atoms with Crippen LogP contribution in [0.3, 0.4) is 0 Å². The highest BCUT2D eigenvalue weighted by Gasteiger charge is 2.51. The van der Waals surface area contributed by atoms with E-state index in [1.807, 2.05) is 0 Å². The Labute approximate surface area is 411 Å². The van der Waals surface area contributed by atoms with Gasteiger partial charge in [0.05, 0.1) is 13.2 Å². The largest absolute Gasteiger partial charge is 0.472 e. The molecule has 0 radical (unpaired) electrons. The van der Waals surface area contributed by atoms with Gasteiger partial charge in [-0.25, -0.2) is 4.57 Å². The monoisotopic (exact) mass is 977 g/mol. The van der Waals surface area contributed by atoms with Crippen molar-refractivity contribution in [3.63, 3.8) is 0 Å². The molecule has 0 aromatic heterocycles. The Kier molecular flexibility index (Phi) is 41.1. The van der Waals surface area contributed by atoms with Crippen LogP contribution in [0.25, 0.3) is 0 Å². The minimum absolute atomic E-state index is 0.107. The first kappa shape index (κ1) is 63.3. The summed E-state index contributed by atoms with van der Waals surface area (Å²) in [4.78, 5) is 23.3. The molecule has 6 unspecified atom stereocenters. The highest BCUT2D eigenvalue weighted by molar-refractivity contribution is 7.47. The Morgan fingerprint density at radius 1 is 0.485 bits per heavy atom. The van der Waals surface area contributed by atoms with E-state index in [1.54, 1.807) is 0 Å². The summed E-state index contributed by atoms with van der Waals surface area (Å²) in [7, 11) is -5.04. The lowest BCUT2D eigenvalue weighted by Crippen LogP contribution is -2.64. The molecule has 1 aliphatic carbocycles. The number of allylic oxidation sites excluding steroid dienone is 16. The molecule has 1 rings (SSSR count). The van der Waals surface area contributed by atoms with Gasteiger partial charge in [0.15, 0.2) is 0 Å². The van der Waals surface area contributed by atoms with E-state index in [4.69, 9.17) is 18.5 Å². The zero-order valence-corrected chi connectivity index (χ0v) is 42.8. The fourth-order valence-corrected chi connectivity index (χ4v) is 8.30. The zero-order valence-electron chi connectivity index (χ0n) is 41.9. The normalized spacial score (nSPS) is 21.9. The standard InChI is InChI=1S/C55H93O12P/c1-3-5-7-9-11-13-15-17-19-21-23-24-25-27-29-31-33-35-37-39-41-43-45-64-46-48(47-65-68(62,63)67-55-53(60)51(58)50(57)52(59)54(55)61)66-49(56)44-42-40-38-36-34-32-30-28-26-22-20-18-16-14-12-10-8-6-4-2/h5,7,11-14,17-20,23-24,27,29,33,35,48,50-55,57-61H,3-4,6,8-10,15-16,21-22,25-26,28,30-32,34,36-47H2,1-2H3,(H,62,63)/b7-5-,13-11-,14-12-,19-17-,20-18-,24-23-,29-27-,35-33-. The average molecular weight is 977 g/mol. The van der Waals surface area contributed by atoms with Crippen molar-refractivity contribution in [1.29, 1.82) is 0 Å². The van der Waals surface area contributed by atoms with E-state index in [2.05, 4.69) is 111 Å². The van der Waals surface area contributed by atoms with Gasteiger partial charge in [-0.15, -0.1) is 0 Å². The van der Waals surface area contributed by atoms with Gasteiger partial charge in [-0.2, -0.15) is 0 Å². The number of hydrogen-bond acceptors (Lipinski definition) is 11. The summed E-state index contributed by atoms with van der Waals surface area (Å²) in [6.07, 6.45) is 48.9. The number of carbonyl (C=O) groups is 1. The lowest BCUT2D eigenvalue weighted by atomic mass is 9.85. The van der Waals surface area contributed by atoms with Gasteiger partial charge in [0.2, 0.25) is 0 Å². The van der Waals surface area contributed by atoms with Crippen molar-refractivity contribution in [2.24, 2.45) is 0 Å². The summed E-state index contributed by atoms with van der Waals surface area (Å²) in [6, 6.07) is 0. The summed E-state index contributed by atoms with van der Waals surface area (Å²) in [5, 5.41) is 50.3. The first-order chi connectivity index (χ1) is 33.0. The van der Waals surface area contributed by atoms with Gasteiger partial charge >= 0.3 is 13.8 Å². The number of phosphoric ester groups is 1. The molecule has 0 amide bonds. The highest BCUT2D eigenvalue weighted by Crippen LogP contribution is 2.47. The molecular weight excluding hydrogens is 884 g/mol. The minimum Gasteiger partial charge on any atom is -0.457 e. The maximum Gasteiger partial charge on any atom is 0.472 e. The SMILES string of the molecule is CC/C=C\C/C=C\C/C=C\C/C=C\C/C=C\C/C=C\CCCCCOCC(COP(=O)(O)OC1C(O)C(O)C(O)C(O)C1O)OC(=O)CCCCCCCCCCC/C=C\C/C=C\CCCCC. The van der Waals surface area contributed by atoms with Crippen molar-refractivity contribution in [2.45, 2.75) is 224 Å². The molecule has 0 spiro atoms. The van der Waals surface area contributed by atoms with Crippen LogP contribution < -0.4 is 0 Å². The lowest BCUT2D eigenvalue weighted by molar-refractivity contribution is -0.220. The number of phosphoric acid groups is 1. The minimum atomic E-state index is -5.04. The third-order valence-corrected chi connectivity index (χ3v) is 12.4. The van der Waals surface area contributed by atoms with Crippen molar-refractivity contribution in [1.82, 2.24) is 0 Å². The van der Waals surface area contributed by atoms with E-state index in [0.29, 0.717) is 13.0 Å². The number of aliphatic hydroxyl groups excluding tert-OH is 5. The quantitative estimate of drug-likeness (QED) is 0.0147. The number of hydrogen-bond donors (Lipinski definition) is 6. The molecule has 13 heteroatoms. The molecule has 0 saturated heterocycles. The number of ether oxygens (including phenoxy) is 2. The van der Waals surface area contributed by atoms with Crippen LogP contribution in [-0.4, -0.2) is 98.9 Å². The molecule has 1 fully saturated rings. The van der Waals surface area contributed by atoms with Crippen LogP contribution >= 0.6 is 7.82 Å². The van der Waals surface area contributed by atoms with Gasteiger partial charge in [-0.05, 0) is 96.3 Å². The Bertz CT molecular complexity index is 1490. The van der Waals surface area contributed by atoms with Gasteiger partial charge in [-0.1, -0.05) is 175 Å². The van der Waals surface area contributed by atoms with E-state index in [1.165, 1.54) is 57.8 Å². The number of esters is 1. The van der Waals surface area contributed by atoms with Gasteiger partial charge in [0.25, 0.3) is 0 Å². The van der Waals surface area contributed by atoms with Crippen LogP contribution in [0.4, 0.5) is 0 Å². The maximum absolute atomic E-state index is 12.9. The highest BCUT2D eigenvalue weighted by atomic mass is 31.2. The Balaban J connectivity index is 2.38. The number of carbonyl (C=O) groups excluding carboxylic acids is 1. The van der Waals surface area contributed by atoms with Gasteiger partial charge in [-0.3, -0.25) is 13.8 Å². The smallest absolute Gasteiger partial charge is 0.457 e. The summed E-state index contributed by atoms with van der Waals surface area (Å²) in [6.45, 7) is 4.04. The zero-order chi connectivity index (χ0) is 49.8. The molecule has 6 N–H and O–H groups in total. The summed E-state index contributed by atoms with van der Waals surface area (Å²) >= 11 is 0. The van der Waals surface area contributed by atoms with Crippen molar-refractivity contribution >= 4 is 13.8 Å². The molecule has 12 nitrogen and oxygen atoms in total. The van der Waals surface area contributed by atoms with E-state index >= 15 is 0 Å². The Hall–Kier alpha value is -2.74. The second-order valence-electron chi connectivity index (χ2n) is 17.6. The molecule has 1 saturated carbocycles. The second kappa shape index (κ2) is 44.2. The molecule has 0 aromatic rings. The van der Waals surface area contributed by atoms with Gasteiger partial charge in [0, 0.05) is 13.0 Å². The van der Waals surface area contributed by atoms with E-state index < -0.39 is 63.1 Å². The van der Waals surface area contributed by atoms with Crippen LogP contribution in [-0.2, 0) is 27.9 Å². The van der Waals surface area contributed by atoms with Crippen LogP contribution in [0.5, 0.6) is 0 Å². The predicted octanol–water partition coefficient (Wildman–Crippen LogP) is 11.9. The molecule has 1 aliphatic rings. The molecule has 68 heavy (non-hydrogen) atoms. The number of aliphatic hydroxyl groups is 5. The van der Waals surface area contributed by atoms with Gasteiger partial charge in [0.1, 0.15) is 42.7 Å². The molecule has 0 aromatic carbocycles. The maximum atomic E-state index is 12.9. The molecular formula is C55H93O12P. The van der Waals surface area contributed by atoms with Crippen LogP contribution in [0, 0.1) is 0 Å². The summed E-state index contributed by atoms with van der Waals surface area (Å²) in [5.74, 6) is -0.498. The number of rotatable bonds is 43. The molecule has 0 bridgehead atoms. The fraction of sp³-hybridized carbons (Fsp3) is 0.691. The Morgan fingerprint density at radius 2 is 0.868 bits per heavy atom. The third kappa shape index (κ3) is 35.4. The first-order valence-corrected chi connectivity index (χ1v) is 27.6.